The average molecular weight is 433 g/mol. The molecular weight excluding hydrogens is 404 g/mol. The number of thioether (sulfide) groups is 1. The quantitative estimate of drug-likeness (QED) is 0.562. The molecule has 0 aliphatic heterocycles. The maximum Gasteiger partial charge on any atom is 0.242 e. The second-order valence-electron chi connectivity index (χ2n) is 7.25. The molecule has 156 valence electrons. The van der Waals surface area contributed by atoms with Crippen LogP contribution in [0, 0.1) is 6.92 Å². The number of hydrogen-bond donors (Lipinski definition) is 1. The van der Waals surface area contributed by atoms with Gasteiger partial charge >= 0.3 is 0 Å². The number of nitrogens with zero attached hydrogens (tertiary/aromatic N) is 1. The van der Waals surface area contributed by atoms with Crippen LogP contribution < -0.4 is 5.32 Å². The molecule has 29 heavy (non-hydrogen) atoms. The Morgan fingerprint density at radius 1 is 1.14 bits per heavy atom. The third kappa shape index (κ3) is 7.41. The van der Waals surface area contributed by atoms with Gasteiger partial charge in [0.15, 0.2) is 0 Å². The normalized spacial score (nSPS) is 12.9. The second kappa shape index (κ2) is 11.3. The van der Waals surface area contributed by atoms with Gasteiger partial charge in [-0.05, 0) is 57.0 Å². The number of aryl methyl sites for hydroxylation is 1. The second-order valence-corrected chi connectivity index (χ2v) is 8.73. The van der Waals surface area contributed by atoms with E-state index in [-0.39, 0.29) is 23.6 Å². The predicted octanol–water partition coefficient (Wildman–Crippen LogP) is 5.07. The molecule has 0 bridgehead atoms. The van der Waals surface area contributed by atoms with Crippen molar-refractivity contribution in [3.63, 3.8) is 0 Å². The summed E-state index contributed by atoms with van der Waals surface area (Å²) in [5.41, 5.74) is 2.14. The molecule has 0 radical (unpaired) electrons. The van der Waals surface area contributed by atoms with E-state index < -0.39 is 6.04 Å². The molecular formula is C23H29ClN2O2S. The largest absolute Gasteiger partial charge is 0.352 e. The topological polar surface area (TPSA) is 49.4 Å². The SMILES string of the molecule is CC[C@@H](C)NC(=O)[C@H](C)N(Cc1cccc(C)c1)C(=O)CSc1ccc(Cl)cc1. The van der Waals surface area contributed by atoms with E-state index in [0.29, 0.717) is 11.6 Å². The molecule has 2 rings (SSSR count). The van der Waals surface area contributed by atoms with E-state index >= 15 is 0 Å². The molecule has 0 saturated heterocycles. The number of benzene rings is 2. The Balaban J connectivity index is 2.14. The van der Waals surface area contributed by atoms with Crippen LogP contribution in [0.1, 0.15) is 38.3 Å². The molecule has 2 amide bonds. The zero-order valence-corrected chi connectivity index (χ0v) is 19.0. The third-order valence-corrected chi connectivity index (χ3v) is 6.03. The van der Waals surface area contributed by atoms with Crippen LogP contribution in [0.15, 0.2) is 53.4 Å². The third-order valence-electron chi connectivity index (χ3n) is 4.78. The zero-order chi connectivity index (χ0) is 21.4. The molecule has 0 fully saturated rings. The lowest BCUT2D eigenvalue weighted by Gasteiger charge is -2.29. The highest BCUT2D eigenvalue weighted by Gasteiger charge is 2.26. The van der Waals surface area contributed by atoms with Crippen molar-refractivity contribution in [3.05, 3.63) is 64.7 Å². The first-order valence-electron chi connectivity index (χ1n) is 9.84. The molecule has 2 aromatic carbocycles. The van der Waals surface area contributed by atoms with Crippen molar-refractivity contribution < 1.29 is 9.59 Å². The molecule has 0 saturated carbocycles. The number of carbonyl (C=O) groups is 2. The van der Waals surface area contributed by atoms with Gasteiger partial charge < -0.3 is 10.2 Å². The van der Waals surface area contributed by atoms with Crippen LogP contribution in [0.3, 0.4) is 0 Å². The van der Waals surface area contributed by atoms with Crippen molar-refractivity contribution >= 4 is 35.2 Å². The lowest BCUT2D eigenvalue weighted by molar-refractivity contribution is -0.138. The van der Waals surface area contributed by atoms with Crippen molar-refractivity contribution in [2.45, 2.75) is 57.6 Å². The minimum atomic E-state index is -0.553. The van der Waals surface area contributed by atoms with Gasteiger partial charge in [-0.15, -0.1) is 11.8 Å². The summed E-state index contributed by atoms with van der Waals surface area (Å²) in [6.45, 7) is 8.20. The molecule has 6 heteroatoms. The number of carbonyl (C=O) groups excluding carboxylic acids is 2. The fourth-order valence-corrected chi connectivity index (χ4v) is 3.72. The van der Waals surface area contributed by atoms with Gasteiger partial charge in [-0.3, -0.25) is 9.59 Å². The zero-order valence-electron chi connectivity index (χ0n) is 17.4. The fraction of sp³-hybridized carbons (Fsp3) is 0.391. The first kappa shape index (κ1) is 23.3. The minimum absolute atomic E-state index is 0.0711. The molecule has 0 spiro atoms. The highest BCUT2D eigenvalue weighted by atomic mass is 35.5. The first-order valence-corrected chi connectivity index (χ1v) is 11.2. The Morgan fingerprint density at radius 3 is 2.45 bits per heavy atom. The van der Waals surface area contributed by atoms with E-state index in [0.717, 1.165) is 22.4 Å². The predicted molar refractivity (Wildman–Crippen MR) is 121 cm³/mol. The van der Waals surface area contributed by atoms with E-state index in [1.165, 1.54) is 11.8 Å². The molecule has 2 aromatic rings. The van der Waals surface area contributed by atoms with Gasteiger partial charge in [-0.1, -0.05) is 48.4 Å². The summed E-state index contributed by atoms with van der Waals surface area (Å²) in [4.78, 5) is 28.4. The molecule has 2 atom stereocenters. The maximum atomic E-state index is 13.1. The summed E-state index contributed by atoms with van der Waals surface area (Å²) in [7, 11) is 0. The molecule has 0 heterocycles. The van der Waals surface area contributed by atoms with Crippen molar-refractivity contribution in [1.29, 1.82) is 0 Å². The summed E-state index contributed by atoms with van der Waals surface area (Å²) < 4.78 is 0. The smallest absolute Gasteiger partial charge is 0.242 e. The van der Waals surface area contributed by atoms with Crippen molar-refractivity contribution in [2.75, 3.05) is 5.75 Å². The summed E-state index contributed by atoms with van der Waals surface area (Å²) >= 11 is 7.37. The summed E-state index contributed by atoms with van der Waals surface area (Å²) in [5, 5.41) is 3.65. The number of hydrogen-bond acceptors (Lipinski definition) is 3. The van der Waals surface area contributed by atoms with E-state index in [1.807, 2.05) is 57.2 Å². The Kier molecular flexibility index (Phi) is 9.05. The molecule has 1 N–H and O–H groups in total. The Hall–Kier alpha value is -1.98. The van der Waals surface area contributed by atoms with Gasteiger partial charge in [-0.25, -0.2) is 0 Å². The summed E-state index contributed by atoms with van der Waals surface area (Å²) in [5.74, 6) is 0.0594. The number of amides is 2. The van der Waals surface area contributed by atoms with Crippen LogP contribution in [0.5, 0.6) is 0 Å². The standard InChI is InChI=1S/C23H29ClN2O2S/c1-5-17(3)25-23(28)18(4)26(14-19-8-6-7-16(2)13-19)22(27)15-29-21-11-9-20(24)10-12-21/h6-13,17-18H,5,14-15H2,1-4H3,(H,25,28)/t17-,18+/m1/s1. The van der Waals surface area contributed by atoms with Crippen LogP contribution in [0.25, 0.3) is 0 Å². The number of rotatable bonds is 9. The minimum Gasteiger partial charge on any atom is -0.352 e. The van der Waals surface area contributed by atoms with E-state index in [4.69, 9.17) is 11.6 Å². The van der Waals surface area contributed by atoms with Crippen molar-refractivity contribution in [2.24, 2.45) is 0 Å². The van der Waals surface area contributed by atoms with Crippen LogP contribution in [-0.2, 0) is 16.1 Å². The van der Waals surface area contributed by atoms with Crippen LogP contribution in [-0.4, -0.2) is 34.6 Å². The summed E-state index contributed by atoms with van der Waals surface area (Å²) in [6, 6.07) is 14.9. The van der Waals surface area contributed by atoms with E-state index in [2.05, 4.69) is 5.32 Å². The number of halogens is 1. The molecule has 0 aliphatic rings. The number of nitrogens with one attached hydrogen (secondary N) is 1. The Bertz CT molecular complexity index is 826. The van der Waals surface area contributed by atoms with Crippen LogP contribution in [0.2, 0.25) is 5.02 Å². The van der Waals surface area contributed by atoms with Gasteiger partial charge in [0.05, 0.1) is 5.75 Å². The first-order chi connectivity index (χ1) is 13.8. The molecule has 4 nitrogen and oxygen atoms in total. The average Bonchev–Trinajstić information content (AvgIpc) is 2.70. The Labute approximate surface area is 183 Å². The van der Waals surface area contributed by atoms with E-state index in [9.17, 15) is 9.59 Å². The van der Waals surface area contributed by atoms with Gasteiger partial charge in [0.2, 0.25) is 11.8 Å². The molecule has 0 aliphatic carbocycles. The lowest BCUT2D eigenvalue weighted by Crippen LogP contribution is -2.50. The van der Waals surface area contributed by atoms with E-state index in [1.54, 1.807) is 24.0 Å². The van der Waals surface area contributed by atoms with Gasteiger partial charge in [0.1, 0.15) is 6.04 Å². The van der Waals surface area contributed by atoms with Crippen LogP contribution >= 0.6 is 23.4 Å². The highest BCUT2D eigenvalue weighted by Crippen LogP contribution is 2.22. The van der Waals surface area contributed by atoms with Gasteiger partial charge in [-0.2, -0.15) is 0 Å². The van der Waals surface area contributed by atoms with Crippen molar-refractivity contribution in [3.8, 4) is 0 Å². The maximum absolute atomic E-state index is 13.1. The summed E-state index contributed by atoms with van der Waals surface area (Å²) in [6.07, 6.45) is 0.844. The van der Waals surface area contributed by atoms with Gasteiger partial charge in [0, 0.05) is 22.5 Å². The molecule has 0 unspecified atom stereocenters. The Morgan fingerprint density at radius 2 is 1.83 bits per heavy atom. The van der Waals surface area contributed by atoms with Crippen molar-refractivity contribution in [1.82, 2.24) is 10.2 Å². The fourth-order valence-electron chi connectivity index (χ4n) is 2.81. The monoisotopic (exact) mass is 432 g/mol. The van der Waals surface area contributed by atoms with Gasteiger partial charge in [0.25, 0.3) is 0 Å². The molecule has 0 aromatic heterocycles. The highest BCUT2D eigenvalue weighted by molar-refractivity contribution is 8.00. The lowest BCUT2D eigenvalue weighted by atomic mass is 10.1. The van der Waals surface area contributed by atoms with Crippen LogP contribution in [0.4, 0.5) is 0 Å².